The molecule has 13 heavy (non-hydrogen) atoms. The lowest BCUT2D eigenvalue weighted by Gasteiger charge is -2.04. The molecule has 3 N–H and O–H groups in total. The molecule has 0 unspecified atom stereocenters. The molecule has 0 radical (unpaired) electrons. The molecular weight excluding hydrogens is 160 g/mol. The first kappa shape index (κ1) is 9.63. The zero-order valence-corrected chi connectivity index (χ0v) is 7.59. The number of nitrogens with one attached hydrogen (secondary N) is 1. The van der Waals surface area contributed by atoms with E-state index in [0.717, 1.165) is 24.2 Å². The average Bonchev–Trinajstić information content (AvgIpc) is 2.19. The monoisotopic (exact) mass is 174 g/mol. The fraction of sp³-hybridized carbons (Fsp3) is 0.273. The molecule has 0 atom stereocenters. The van der Waals surface area contributed by atoms with Gasteiger partial charge >= 0.3 is 0 Å². The summed E-state index contributed by atoms with van der Waals surface area (Å²) in [4.78, 5) is 0. The Morgan fingerprint density at radius 3 is 3.00 bits per heavy atom. The molecule has 1 rings (SSSR count). The molecule has 1 aromatic carbocycles. The second-order valence-corrected chi connectivity index (χ2v) is 2.79. The summed E-state index contributed by atoms with van der Waals surface area (Å²) in [6.07, 6.45) is 6.25. The first-order valence-electron chi connectivity index (χ1n) is 4.37. The lowest BCUT2D eigenvalue weighted by molar-refractivity contribution is 0.874. The molecule has 2 nitrogen and oxygen atoms in total. The van der Waals surface area contributed by atoms with Crippen molar-refractivity contribution < 1.29 is 0 Å². The Hall–Kier alpha value is -1.46. The van der Waals surface area contributed by atoms with Gasteiger partial charge in [-0.15, -0.1) is 6.42 Å². The van der Waals surface area contributed by atoms with E-state index in [0.29, 0.717) is 6.54 Å². The first-order valence-corrected chi connectivity index (χ1v) is 4.37. The van der Waals surface area contributed by atoms with Crippen molar-refractivity contribution >= 4 is 5.69 Å². The van der Waals surface area contributed by atoms with E-state index in [2.05, 4.69) is 11.2 Å². The number of anilines is 1. The SMILES string of the molecule is C#Cc1cccc(NCCCN)c1. The lowest BCUT2D eigenvalue weighted by Crippen LogP contribution is -2.08. The molecule has 0 aromatic heterocycles. The highest BCUT2D eigenvalue weighted by molar-refractivity contribution is 5.49. The average molecular weight is 174 g/mol. The Balaban J connectivity index is 2.52. The molecule has 0 heterocycles. The van der Waals surface area contributed by atoms with Crippen molar-refractivity contribution in [3.8, 4) is 12.3 Å². The number of rotatable bonds is 4. The number of hydrogen-bond donors (Lipinski definition) is 2. The highest BCUT2D eigenvalue weighted by atomic mass is 14.9. The van der Waals surface area contributed by atoms with Crippen molar-refractivity contribution in [2.24, 2.45) is 5.73 Å². The standard InChI is InChI=1S/C11H14N2/c1-2-10-5-3-6-11(9-10)13-8-4-7-12/h1,3,5-6,9,13H,4,7-8,12H2. The van der Waals surface area contributed by atoms with Crippen LogP contribution in [0, 0.1) is 12.3 Å². The van der Waals surface area contributed by atoms with Gasteiger partial charge in [0.25, 0.3) is 0 Å². The van der Waals surface area contributed by atoms with Gasteiger partial charge in [-0.05, 0) is 31.2 Å². The summed E-state index contributed by atoms with van der Waals surface area (Å²) >= 11 is 0. The zero-order valence-electron chi connectivity index (χ0n) is 7.59. The maximum atomic E-state index is 5.38. The lowest BCUT2D eigenvalue weighted by atomic mass is 10.2. The van der Waals surface area contributed by atoms with Gasteiger partial charge in [0.15, 0.2) is 0 Å². The smallest absolute Gasteiger partial charge is 0.0352 e. The van der Waals surface area contributed by atoms with Crippen LogP contribution in [0.3, 0.4) is 0 Å². The number of nitrogens with two attached hydrogens (primary N) is 1. The van der Waals surface area contributed by atoms with Gasteiger partial charge in [0.2, 0.25) is 0 Å². The van der Waals surface area contributed by atoms with E-state index in [4.69, 9.17) is 12.2 Å². The molecule has 0 aliphatic heterocycles. The first-order chi connectivity index (χ1) is 6.36. The van der Waals surface area contributed by atoms with Gasteiger partial charge in [0.05, 0.1) is 0 Å². The van der Waals surface area contributed by atoms with Crippen LogP contribution in [0.2, 0.25) is 0 Å². The molecule has 0 saturated carbocycles. The Bertz CT molecular complexity index is 299. The van der Waals surface area contributed by atoms with Gasteiger partial charge < -0.3 is 11.1 Å². The second-order valence-electron chi connectivity index (χ2n) is 2.79. The van der Waals surface area contributed by atoms with Crippen molar-refractivity contribution in [2.45, 2.75) is 6.42 Å². The van der Waals surface area contributed by atoms with E-state index in [1.54, 1.807) is 0 Å². The Labute approximate surface area is 79.1 Å². The normalized spacial score (nSPS) is 9.23. The van der Waals surface area contributed by atoms with Crippen LogP contribution < -0.4 is 11.1 Å². The van der Waals surface area contributed by atoms with Crippen LogP contribution >= 0.6 is 0 Å². The predicted octanol–water partition coefficient (Wildman–Crippen LogP) is 1.43. The largest absolute Gasteiger partial charge is 0.385 e. The van der Waals surface area contributed by atoms with Gasteiger partial charge in [0, 0.05) is 17.8 Å². The molecule has 2 heteroatoms. The van der Waals surface area contributed by atoms with Crippen molar-refractivity contribution in [1.29, 1.82) is 0 Å². The number of hydrogen-bond acceptors (Lipinski definition) is 2. The number of terminal acetylenes is 1. The Kier molecular flexibility index (Phi) is 3.87. The van der Waals surface area contributed by atoms with E-state index in [1.807, 2.05) is 24.3 Å². The summed E-state index contributed by atoms with van der Waals surface area (Å²) in [6, 6.07) is 7.81. The zero-order chi connectivity index (χ0) is 9.52. The summed E-state index contributed by atoms with van der Waals surface area (Å²) in [6.45, 7) is 1.60. The van der Waals surface area contributed by atoms with Crippen LogP contribution in [0.25, 0.3) is 0 Å². The topological polar surface area (TPSA) is 38.0 Å². The molecule has 1 aromatic rings. The summed E-state index contributed by atoms with van der Waals surface area (Å²) in [7, 11) is 0. The van der Waals surface area contributed by atoms with Gasteiger partial charge in [-0.25, -0.2) is 0 Å². The molecule has 68 valence electrons. The fourth-order valence-corrected chi connectivity index (χ4v) is 1.05. The molecule has 0 saturated heterocycles. The van der Waals surface area contributed by atoms with Crippen LogP contribution in [0.5, 0.6) is 0 Å². The molecule has 0 bridgehead atoms. The minimum atomic E-state index is 0.710. The van der Waals surface area contributed by atoms with Gasteiger partial charge in [-0.2, -0.15) is 0 Å². The highest BCUT2D eigenvalue weighted by Gasteiger charge is 1.91. The second kappa shape index (κ2) is 5.23. The summed E-state index contributed by atoms with van der Waals surface area (Å²) in [5, 5.41) is 3.24. The van der Waals surface area contributed by atoms with E-state index < -0.39 is 0 Å². The van der Waals surface area contributed by atoms with E-state index in [9.17, 15) is 0 Å². The third-order valence-corrected chi connectivity index (χ3v) is 1.74. The van der Waals surface area contributed by atoms with Gasteiger partial charge in [0.1, 0.15) is 0 Å². The third-order valence-electron chi connectivity index (χ3n) is 1.74. The van der Waals surface area contributed by atoms with Crippen molar-refractivity contribution in [2.75, 3.05) is 18.4 Å². The van der Waals surface area contributed by atoms with E-state index in [-0.39, 0.29) is 0 Å². The van der Waals surface area contributed by atoms with Crippen molar-refractivity contribution in [3.05, 3.63) is 29.8 Å². The van der Waals surface area contributed by atoms with Gasteiger partial charge in [-0.1, -0.05) is 12.0 Å². The predicted molar refractivity (Wildman–Crippen MR) is 56.5 cm³/mol. The maximum absolute atomic E-state index is 5.38. The van der Waals surface area contributed by atoms with Crippen LogP contribution in [-0.2, 0) is 0 Å². The van der Waals surface area contributed by atoms with Crippen LogP contribution in [-0.4, -0.2) is 13.1 Å². The Morgan fingerprint density at radius 1 is 1.46 bits per heavy atom. The van der Waals surface area contributed by atoms with Crippen molar-refractivity contribution in [3.63, 3.8) is 0 Å². The molecule has 0 aliphatic rings. The maximum Gasteiger partial charge on any atom is 0.0352 e. The van der Waals surface area contributed by atoms with Gasteiger partial charge in [-0.3, -0.25) is 0 Å². The summed E-state index contributed by atoms with van der Waals surface area (Å²) in [5.41, 5.74) is 7.34. The molecule has 0 amide bonds. The highest BCUT2D eigenvalue weighted by Crippen LogP contribution is 2.09. The van der Waals surface area contributed by atoms with Crippen molar-refractivity contribution in [1.82, 2.24) is 0 Å². The summed E-state index contributed by atoms with van der Waals surface area (Å²) in [5.74, 6) is 2.59. The minimum absolute atomic E-state index is 0.710. The van der Waals surface area contributed by atoms with Crippen LogP contribution in [0.4, 0.5) is 5.69 Å². The minimum Gasteiger partial charge on any atom is -0.385 e. The Morgan fingerprint density at radius 2 is 2.31 bits per heavy atom. The quantitative estimate of drug-likeness (QED) is 0.535. The summed E-state index contributed by atoms with van der Waals surface area (Å²) < 4.78 is 0. The van der Waals surface area contributed by atoms with Crippen LogP contribution in [0.1, 0.15) is 12.0 Å². The third kappa shape index (κ3) is 3.18. The number of benzene rings is 1. The molecule has 0 fully saturated rings. The fourth-order valence-electron chi connectivity index (χ4n) is 1.05. The molecular formula is C11H14N2. The van der Waals surface area contributed by atoms with E-state index >= 15 is 0 Å². The van der Waals surface area contributed by atoms with E-state index in [1.165, 1.54) is 0 Å². The van der Waals surface area contributed by atoms with Crippen LogP contribution in [0.15, 0.2) is 24.3 Å². The molecule has 0 spiro atoms. The molecule has 0 aliphatic carbocycles.